The Bertz CT molecular complexity index is 295. The fourth-order valence-corrected chi connectivity index (χ4v) is 7.58. The van der Waals surface area contributed by atoms with Gasteiger partial charge in [0.2, 0.25) is 0 Å². The Hall–Kier alpha value is 0.300. The minimum atomic E-state index is -2.74. The number of sulfone groups is 1. The Labute approximate surface area is 84.4 Å². The number of hydrogen-bond donors (Lipinski definition) is 0. The molecule has 2 fully saturated rings. The Morgan fingerprint density at radius 1 is 1.38 bits per heavy atom. The van der Waals surface area contributed by atoms with Gasteiger partial charge in [-0.15, -0.1) is 0 Å². The molecule has 2 aliphatic rings. The van der Waals surface area contributed by atoms with Crippen molar-refractivity contribution in [2.24, 2.45) is 11.8 Å². The van der Waals surface area contributed by atoms with Gasteiger partial charge in [-0.3, -0.25) is 0 Å². The topological polar surface area (TPSA) is 34.1 Å². The molecule has 2 rings (SSSR count). The van der Waals surface area contributed by atoms with Gasteiger partial charge < -0.3 is 0 Å². The SMILES string of the molecule is CC(C)C1CS(=O)(=O)C2CCSC12. The molecule has 0 spiro atoms. The molecule has 4 heteroatoms. The second-order valence-electron chi connectivity index (χ2n) is 4.40. The summed E-state index contributed by atoms with van der Waals surface area (Å²) < 4.78 is 23.5. The predicted molar refractivity (Wildman–Crippen MR) is 56.8 cm³/mol. The molecule has 0 aromatic rings. The van der Waals surface area contributed by atoms with E-state index in [2.05, 4.69) is 13.8 Å². The largest absolute Gasteiger partial charge is 0.228 e. The Balaban J connectivity index is 2.28. The molecule has 0 aliphatic carbocycles. The van der Waals surface area contributed by atoms with Gasteiger partial charge >= 0.3 is 0 Å². The Kier molecular flexibility index (Phi) is 2.39. The van der Waals surface area contributed by atoms with E-state index in [0.717, 1.165) is 12.2 Å². The van der Waals surface area contributed by atoms with Gasteiger partial charge in [-0.05, 0) is 24.0 Å². The van der Waals surface area contributed by atoms with Crippen LogP contribution in [-0.2, 0) is 9.84 Å². The van der Waals surface area contributed by atoms with Crippen molar-refractivity contribution < 1.29 is 8.42 Å². The summed E-state index contributed by atoms with van der Waals surface area (Å²) in [6.45, 7) is 4.28. The molecule has 2 heterocycles. The average Bonchev–Trinajstić information content (AvgIpc) is 2.53. The van der Waals surface area contributed by atoms with Crippen LogP contribution in [0.4, 0.5) is 0 Å². The van der Waals surface area contributed by atoms with Gasteiger partial charge in [0, 0.05) is 5.25 Å². The maximum absolute atomic E-state index is 11.7. The lowest BCUT2D eigenvalue weighted by Gasteiger charge is -2.19. The van der Waals surface area contributed by atoms with Crippen molar-refractivity contribution in [3.8, 4) is 0 Å². The van der Waals surface area contributed by atoms with Gasteiger partial charge in [0.05, 0.1) is 11.0 Å². The van der Waals surface area contributed by atoms with Crippen molar-refractivity contribution in [2.75, 3.05) is 11.5 Å². The normalized spacial score (nSPS) is 42.5. The van der Waals surface area contributed by atoms with Gasteiger partial charge in [0.25, 0.3) is 0 Å². The molecule has 2 aliphatic heterocycles. The summed E-state index contributed by atoms with van der Waals surface area (Å²) in [5.74, 6) is 2.39. The van der Waals surface area contributed by atoms with E-state index in [1.807, 2.05) is 11.8 Å². The summed E-state index contributed by atoms with van der Waals surface area (Å²) in [5.41, 5.74) is 0. The summed E-state index contributed by atoms with van der Waals surface area (Å²) >= 11 is 1.87. The number of fused-ring (bicyclic) bond motifs is 1. The van der Waals surface area contributed by atoms with Crippen LogP contribution in [-0.4, -0.2) is 30.4 Å². The predicted octanol–water partition coefficient (Wildman–Crippen LogP) is 1.56. The molecular formula is C9H16O2S2. The van der Waals surface area contributed by atoms with Crippen LogP contribution < -0.4 is 0 Å². The van der Waals surface area contributed by atoms with Crippen LogP contribution in [0.25, 0.3) is 0 Å². The van der Waals surface area contributed by atoms with E-state index >= 15 is 0 Å². The first-order valence-electron chi connectivity index (χ1n) is 4.85. The molecule has 0 aromatic heterocycles. The van der Waals surface area contributed by atoms with Crippen molar-refractivity contribution in [1.82, 2.24) is 0 Å². The zero-order chi connectivity index (χ0) is 9.64. The summed E-state index contributed by atoms with van der Waals surface area (Å²) in [4.78, 5) is 0. The van der Waals surface area contributed by atoms with Crippen molar-refractivity contribution in [3.05, 3.63) is 0 Å². The second kappa shape index (κ2) is 3.16. The number of hydrogen-bond acceptors (Lipinski definition) is 3. The van der Waals surface area contributed by atoms with Crippen LogP contribution >= 0.6 is 11.8 Å². The van der Waals surface area contributed by atoms with Gasteiger partial charge in [0.15, 0.2) is 9.84 Å². The highest BCUT2D eigenvalue weighted by atomic mass is 32.2. The number of thioether (sulfide) groups is 1. The van der Waals surface area contributed by atoms with Gasteiger partial charge in [-0.2, -0.15) is 11.8 Å². The summed E-state index contributed by atoms with van der Waals surface area (Å²) in [6.07, 6.45) is 0.890. The zero-order valence-corrected chi connectivity index (χ0v) is 9.70. The molecule has 13 heavy (non-hydrogen) atoms. The smallest absolute Gasteiger partial charge is 0.154 e. The van der Waals surface area contributed by atoms with E-state index < -0.39 is 9.84 Å². The van der Waals surface area contributed by atoms with Crippen molar-refractivity contribution in [2.45, 2.75) is 30.8 Å². The van der Waals surface area contributed by atoms with E-state index in [9.17, 15) is 8.42 Å². The first-order valence-corrected chi connectivity index (χ1v) is 7.62. The third-order valence-corrected chi connectivity index (χ3v) is 7.25. The van der Waals surface area contributed by atoms with E-state index in [-0.39, 0.29) is 5.25 Å². The van der Waals surface area contributed by atoms with Gasteiger partial charge in [-0.1, -0.05) is 13.8 Å². The van der Waals surface area contributed by atoms with E-state index in [1.54, 1.807) is 0 Å². The van der Waals surface area contributed by atoms with E-state index in [1.165, 1.54) is 0 Å². The minimum Gasteiger partial charge on any atom is -0.228 e. The molecule has 3 unspecified atom stereocenters. The van der Waals surface area contributed by atoms with Crippen LogP contribution in [0.1, 0.15) is 20.3 Å². The first kappa shape index (κ1) is 9.84. The Morgan fingerprint density at radius 3 is 2.69 bits per heavy atom. The highest BCUT2D eigenvalue weighted by Crippen LogP contribution is 2.45. The lowest BCUT2D eigenvalue weighted by atomic mass is 9.92. The zero-order valence-electron chi connectivity index (χ0n) is 8.06. The van der Waals surface area contributed by atoms with Crippen LogP contribution in [0, 0.1) is 11.8 Å². The molecule has 0 bridgehead atoms. The third-order valence-electron chi connectivity index (χ3n) is 3.24. The Morgan fingerprint density at radius 2 is 2.08 bits per heavy atom. The molecule has 0 N–H and O–H groups in total. The maximum atomic E-state index is 11.7. The molecule has 3 atom stereocenters. The minimum absolute atomic E-state index is 0.00935. The molecule has 0 saturated carbocycles. The molecule has 2 saturated heterocycles. The van der Waals surface area contributed by atoms with Crippen LogP contribution in [0.2, 0.25) is 0 Å². The maximum Gasteiger partial charge on any atom is 0.154 e. The average molecular weight is 220 g/mol. The lowest BCUT2D eigenvalue weighted by Crippen LogP contribution is -2.22. The van der Waals surface area contributed by atoms with Gasteiger partial charge in [0.1, 0.15) is 0 Å². The third kappa shape index (κ3) is 1.52. The van der Waals surface area contributed by atoms with E-state index in [4.69, 9.17) is 0 Å². The summed E-state index contributed by atoms with van der Waals surface area (Å²) in [6, 6.07) is 0. The standard InChI is InChI=1S/C9H16O2S2/c1-6(2)7-5-13(10,11)8-3-4-12-9(7)8/h6-9H,3-5H2,1-2H3. The fourth-order valence-electron chi connectivity index (χ4n) is 2.43. The van der Waals surface area contributed by atoms with Crippen molar-refractivity contribution >= 4 is 21.6 Å². The summed E-state index contributed by atoms with van der Waals surface area (Å²) in [7, 11) is -2.74. The quantitative estimate of drug-likeness (QED) is 0.672. The molecular weight excluding hydrogens is 204 g/mol. The molecule has 0 radical (unpaired) electrons. The van der Waals surface area contributed by atoms with Crippen molar-refractivity contribution in [1.29, 1.82) is 0 Å². The second-order valence-corrected chi connectivity index (χ2v) is 7.95. The van der Waals surface area contributed by atoms with E-state index in [0.29, 0.717) is 22.8 Å². The molecule has 0 aromatic carbocycles. The van der Waals surface area contributed by atoms with Crippen LogP contribution in [0.3, 0.4) is 0 Å². The van der Waals surface area contributed by atoms with Gasteiger partial charge in [-0.25, -0.2) is 8.42 Å². The molecule has 76 valence electrons. The summed E-state index contributed by atoms with van der Waals surface area (Å²) in [5, 5.41) is 0.398. The molecule has 0 amide bonds. The highest BCUT2D eigenvalue weighted by Gasteiger charge is 2.50. The number of rotatable bonds is 1. The van der Waals surface area contributed by atoms with Crippen LogP contribution in [0.15, 0.2) is 0 Å². The fraction of sp³-hybridized carbons (Fsp3) is 1.00. The highest BCUT2D eigenvalue weighted by molar-refractivity contribution is 8.02. The molecule has 2 nitrogen and oxygen atoms in total. The first-order chi connectivity index (χ1) is 6.02. The monoisotopic (exact) mass is 220 g/mol. The van der Waals surface area contributed by atoms with Crippen LogP contribution in [0.5, 0.6) is 0 Å². The lowest BCUT2D eigenvalue weighted by molar-refractivity contribution is 0.426. The van der Waals surface area contributed by atoms with Crippen molar-refractivity contribution in [3.63, 3.8) is 0 Å².